The second kappa shape index (κ2) is 71.8. The molecule has 0 heterocycles. The fourth-order valence-electron chi connectivity index (χ4n) is 11.2. The number of hydrogen-bond acceptors (Lipinski definition) is 6. The molecule has 0 aromatic rings. The predicted molar refractivity (Wildman–Crippen MR) is 362 cm³/mol. The zero-order valence-corrected chi connectivity index (χ0v) is 56.0. The Hall–Kier alpha value is -2.63. The SMILES string of the molecule is CCCCCCC/C=C\C/C=C\CCCCCCCCCCCCCCCCCC(=O)OCC(COC(=O)CCCCCCCCCCCCC)OC(=O)CCCCCCCCCCCCCCCCC/C=C\C/C=C\CCCCCCC. The van der Waals surface area contributed by atoms with E-state index in [4.69, 9.17) is 14.2 Å². The lowest BCUT2D eigenvalue weighted by molar-refractivity contribution is -0.167. The molecule has 0 saturated heterocycles. The minimum Gasteiger partial charge on any atom is -0.462 e. The van der Waals surface area contributed by atoms with E-state index in [2.05, 4.69) is 69.4 Å². The van der Waals surface area contributed by atoms with Gasteiger partial charge in [0.15, 0.2) is 6.10 Å². The van der Waals surface area contributed by atoms with Crippen LogP contribution < -0.4 is 0 Å². The highest BCUT2D eigenvalue weighted by Crippen LogP contribution is 2.19. The summed E-state index contributed by atoms with van der Waals surface area (Å²) < 4.78 is 17.0. The summed E-state index contributed by atoms with van der Waals surface area (Å²) in [5, 5.41) is 0. The van der Waals surface area contributed by atoms with Gasteiger partial charge in [-0.3, -0.25) is 14.4 Å². The Morgan fingerprint density at radius 2 is 0.434 bits per heavy atom. The zero-order chi connectivity index (χ0) is 59.9. The third-order valence-corrected chi connectivity index (χ3v) is 16.8. The van der Waals surface area contributed by atoms with Crippen molar-refractivity contribution in [1.82, 2.24) is 0 Å². The summed E-state index contributed by atoms with van der Waals surface area (Å²) >= 11 is 0. The standard InChI is InChI=1S/C77H142O6/c1-4-7-10-13-16-19-22-24-26-28-30-32-34-36-38-40-42-44-46-48-50-52-55-58-61-64-67-70-76(79)82-73-74(72-81-75(78)69-66-63-60-57-54-21-18-15-12-9-6-3)83-77(80)71-68-65-62-59-56-53-51-49-47-45-43-41-39-37-35-33-31-29-27-25-23-20-17-14-11-8-5-2/h22-25,28-31,74H,4-21,26-27,32-73H2,1-3H3/b24-22-,25-23-,30-28-,31-29-. The lowest BCUT2D eigenvalue weighted by Crippen LogP contribution is -2.30. The smallest absolute Gasteiger partial charge is 0.306 e. The van der Waals surface area contributed by atoms with Crippen LogP contribution in [0.15, 0.2) is 48.6 Å². The summed E-state index contributed by atoms with van der Waals surface area (Å²) in [4.78, 5) is 38.4. The van der Waals surface area contributed by atoms with Crippen molar-refractivity contribution < 1.29 is 28.6 Å². The molecule has 6 nitrogen and oxygen atoms in total. The first-order chi connectivity index (χ1) is 41.0. The Labute approximate surface area is 518 Å². The van der Waals surface area contributed by atoms with Gasteiger partial charge in [0.1, 0.15) is 13.2 Å². The molecule has 0 bridgehead atoms. The van der Waals surface area contributed by atoms with E-state index in [0.717, 1.165) is 70.6 Å². The third kappa shape index (κ3) is 70.0. The van der Waals surface area contributed by atoms with Gasteiger partial charge in [0.05, 0.1) is 0 Å². The van der Waals surface area contributed by atoms with Crippen LogP contribution in [0.2, 0.25) is 0 Å². The molecule has 486 valence electrons. The minimum absolute atomic E-state index is 0.0673. The fourth-order valence-corrected chi connectivity index (χ4v) is 11.2. The van der Waals surface area contributed by atoms with Gasteiger partial charge in [-0.15, -0.1) is 0 Å². The molecular formula is C77H142O6. The number of carbonyl (C=O) groups is 3. The zero-order valence-electron chi connectivity index (χ0n) is 56.0. The number of ether oxygens (including phenoxy) is 3. The molecule has 6 heteroatoms. The van der Waals surface area contributed by atoms with Gasteiger partial charge in [0.2, 0.25) is 0 Å². The Balaban J connectivity index is 4.16. The molecular weight excluding hydrogens is 1020 g/mol. The molecule has 0 aliphatic heterocycles. The van der Waals surface area contributed by atoms with E-state index in [9.17, 15) is 14.4 Å². The highest BCUT2D eigenvalue weighted by molar-refractivity contribution is 5.71. The Morgan fingerprint density at radius 1 is 0.241 bits per heavy atom. The Bertz CT molecular complexity index is 1430. The van der Waals surface area contributed by atoms with Crippen LogP contribution in [0.5, 0.6) is 0 Å². The van der Waals surface area contributed by atoms with Crippen molar-refractivity contribution in [3.05, 3.63) is 48.6 Å². The van der Waals surface area contributed by atoms with E-state index in [0.29, 0.717) is 19.3 Å². The minimum atomic E-state index is -0.771. The molecule has 0 radical (unpaired) electrons. The maximum absolute atomic E-state index is 13.0. The van der Waals surface area contributed by atoms with Crippen molar-refractivity contribution in [2.45, 2.75) is 412 Å². The molecule has 0 fully saturated rings. The van der Waals surface area contributed by atoms with Crippen molar-refractivity contribution in [1.29, 1.82) is 0 Å². The van der Waals surface area contributed by atoms with Gasteiger partial charge >= 0.3 is 17.9 Å². The lowest BCUT2D eigenvalue weighted by atomic mass is 10.0. The first-order valence-corrected chi connectivity index (χ1v) is 37.1. The van der Waals surface area contributed by atoms with E-state index in [1.54, 1.807) is 0 Å². The number of unbranched alkanes of at least 4 members (excludes halogenated alkanes) is 50. The molecule has 0 saturated carbocycles. The van der Waals surface area contributed by atoms with Crippen molar-refractivity contribution in [3.8, 4) is 0 Å². The van der Waals surface area contributed by atoms with Gasteiger partial charge in [0.25, 0.3) is 0 Å². The van der Waals surface area contributed by atoms with Gasteiger partial charge in [-0.1, -0.05) is 352 Å². The molecule has 83 heavy (non-hydrogen) atoms. The quantitative estimate of drug-likeness (QED) is 0.0261. The molecule has 0 spiro atoms. The normalized spacial score (nSPS) is 12.3. The molecule has 1 unspecified atom stereocenters. The van der Waals surface area contributed by atoms with E-state index in [1.165, 1.54) is 295 Å². The topological polar surface area (TPSA) is 78.9 Å². The van der Waals surface area contributed by atoms with Gasteiger partial charge < -0.3 is 14.2 Å². The van der Waals surface area contributed by atoms with Crippen molar-refractivity contribution in [2.24, 2.45) is 0 Å². The highest BCUT2D eigenvalue weighted by atomic mass is 16.6. The summed E-state index contributed by atoms with van der Waals surface area (Å²) in [7, 11) is 0. The van der Waals surface area contributed by atoms with Gasteiger partial charge in [-0.25, -0.2) is 0 Å². The van der Waals surface area contributed by atoms with Crippen LogP contribution in [0.3, 0.4) is 0 Å². The molecule has 0 aliphatic carbocycles. The summed E-state index contributed by atoms with van der Waals surface area (Å²) in [6, 6.07) is 0. The molecule has 0 aliphatic rings. The average Bonchev–Trinajstić information content (AvgIpc) is 3.48. The largest absolute Gasteiger partial charge is 0.462 e. The summed E-state index contributed by atoms with van der Waals surface area (Å²) in [5.74, 6) is -0.840. The number of hydrogen-bond donors (Lipinski definition) is 0. The monoisotopic (exact) mass is 1160 g/mol. The van der Waals surface area contributed by atoms with Gasteiger partial charge in [-0.05, 0) is 83.5 Å². The Morgan fingerprint density at radius 3 is 0.663 bits per heavy atom. The average molecular weight is 1160 g/mol. The molecule has 0 rings (SSSR count). The molecule has 0 aromatic heterocycles. The predicted octanol–water partition coefficient (Wildman–Crippen LogP) is 25.7. The molecule has 0 amide bonds. The van der Waals surface area contributed by atoms with E-state index in [1.807, 2.05) is 0 Å². The van der Waals surface area contributed by atoms with Crippen LogP contribution in [-0.2, 0) is 28.6 Å². The lowest BCUT2D eigenvalue weighted by Gasteiger charge is -2.18. The van der Waals surface area contributed by atoms with Crippen LogP contribution >= 0.6 is 0 Å². The van der Waals surface area contributed by atoms with Gasteiger partial charge in [-0.2, -0.15) is 0 Å². The van der Waals surface area contributed by atoms with Crippen LogP contribution in [-0.4, -0.2) is 37.2 Å². The van der Waals surface area contributed by atoms with Crippen LogP contribution in [0, 0.1) is 0 Å². The number of esters is 3. The highest BCUT2D eigenvalue weighted by Gasteiger charge is 2.19. The number of carbonyl (C=O) groups excluding carboxylic acids is 3. The van der Waals surface area contributed by atoms with Gasteiger partial charge in [0, 0.05) is 19.3 Å². The Kier molecular flexibility index (Phi) is 69.6. The first-order valence-electron chi connectivity index (χ1n) is 37.1. The maximum Gasteiger partial charge on any atom is 0.306 e. The fraction of sp³-hybridized carbons (Fsp3) is 0.857. The molecule has 0 N–H and O–H groups in total. The van der Waals surface area contributed by atoms with Crippen LogP contribution in [0.1, 0.15) is 406 Å². The van der Waals surface area contributed by atoms with E-state index in [-0.39, 0.29) is 31.1 Å². The third-order valence-electron chi connectivity index (χ3n) is 16.8. The first kappa shape index (κ1) is 80.4. The van der Waals surface area contributed by atoms with Crippen molar-refractivity contribution >= 4 is 17.9 Å². The molecule has 1 atom stereocenters. The second-order valence-corrected chi connectivity index (χ2v) is 25.2. The van der Waals surface area contributed by atoms with Crippen LogP contribution in [0.25, 0.3) is 0 Å². The summed E-state index contributed by atoms with van der Waals surface area (Å²) in [5.41, 5.74) is 0. The summed E-state index contributed by atoms with van der Waals surface area (Å²) in [6.45, 7) is 6.68. The van der Waals surface area contributed by atoms with E-state index < -0.39 is 6.10 Å². The molecule has 0 aromatic carbocycles. The van der Waals surface area contributed by atoms with Crippen molar-refractivity contribution in [2.75, 3.05) is 13.2 Å². The number of rotatable bonds is 69. The maximum atomic E-state index is 13.0. The number of allylic oxidation sites excluding steroid dienone is 8. The summed E-state index contributed by atoms with van der Waals surface area (Å²) in [6.07, 6.45) is 91.6. The van der Waals surface area contributed by atoms with Crippen molar-refractivity contribution in [3.63, 3.8) is 0 Å². The van der Waals surface area contributed by atoms with Crippen LogP contribution in [0.4, 0.5) is 0 Å². The van der Waals surface area contributed by atoms with E-state index >= 15 is 0 Å². The second-order valence-electron chi connectivity index (χ2n) is 25.2.